The maximum Gasteiger partial charge on any atom is 0.323 e. The van der Waals surface area contributed by atoms with E-state index in [0.29, 0.717) is 28.8 Å². The summed E-state index contributed by atoms with van der Waals surface area (Å²) in [5.41, 5.74) is 3.53. The Hall–Kier alpha value is -3.58. The number of hydrogen-bond acceptors (Lipinski definition) is 3. The van der Waals surface area contributed by atoms with Crippen molar-refractivity contribution in [1.82, 2.24) is 10.3 Å². The third kappa shape index (κ3) is 6.22. The second-order valence-electron chi connectivity index (χ2n) is 6.27. The number of urea groups is 2. The number of rotatable bonds is 5. The lowest BCUT2D eigenvalue weighted by atomic mass is 10.2. The average molecular weight is 410 g/mol. The predicted octanol–water partition coefficient (Wildman–Crippen LogP) is 5.01. The zero-order valence-electron chi connectivity index (χ0n) is 15.7. The van der Waals surface area contributed by atoms with Crippen molar-refractivity contribution >= 4 is 40.7 Å². The topological polar surface area (TPSA) is 95.2 Å². The summed E-state index contributed by atoms with van der Waals surface area (Å²) in [5.74, 6) is 0. The highest BCUT2D eigenvalue weighted by molar-refractivity contribution is 6.29. The minimum atomic E-state index is -0.370. The molecule has 4 N–H and O–H groups in total. The Bertz CT molecular complexity index is 994. The van der Waals surface area contributed by atoms with Gasteiger partial charge in [-0.25, -0.2) is 14.6 Å². The van der Waals surface area contributed by atoms with Gasteiger partial charge in [-0.05, 0) is 48.4 Å². The lowest BCUT2D eigenvalue weighted by Crippen LogP contribution is -2.28. The van der Waals surface area contributed by atoms with E-state index in [2.05, 4.69) is 26.3 Å². The molecule has 4 amide bonds. The standard InChI is InChI=1S/C21H20ClN5O2/c1-14-7-9-17(26-21(29)25-16-5-3-2-4-6-16)11-18(14)27-20(28)24-13-15-8-10-19(22)23-12-15/h2-12H,13H2,1H3,(H2,24,27,28)(H2,25,26,29). The van der Waals surface area contributed by atoms with Crippen LogP contribution in [0.3, 0.4) is 0 Å². The van der Waals surface area contributed by atoms with Crippen molar-refractivity contribution < 1.29 is 9.59 Å². The van der Waals surface area contributed by atoms with Crippen LogP contribution in [0.5, 0.6) is 0 Å². The fourth-order valence-electron chi connectivity index (χ4n) is 2.51. The highest BCUT2D eigenvalue weighted by Gasteiger charge is 2.08. The van der Waals surface area contributed by atoms with Crippen LogP contribution in [0.1, 0.15) is 11.1 Å². The third-order valence-electron chi connectivity index (χ3n) is 4.02. The smallest absolute Gasteiger partial charge is 0.323 e. The number of carbonyl (C=O) groups excluding carboxylic acids is 2. The van der Waals surface area contributed by atoms with E-state index in [1.54, 1.807) is 42.6 Å². The van der Waals surface area contributed by atoms with Crippen LogP contribution in [-0.2, 0) is 6.54 Å². The van der Waals surface area contributed by atoms with Crippen LogP contribution >= 0.6 is 11.6 Å². The SMILES string of the molecule is Cc1ccc(NC(=O)Nc2ccccc2)cc1NC(=O)NCc1ccc(Cl)nc1. The van der Waals surface area contributed by atoms with Crippen LogP contribution in [0.2, 0.25) is 5.15 Å². The molecule has 0 spiro atoms. The number of benzene rings is 2. The van der Waals surface area contributed by atoms with Gasteiger partial charge in [0, 0.05) is 29.8 Å². The molecular formula is C21H20ClN5O2. The van der Waals surface area contributed by atoms with Crippen molar-refractivity contribution in [3.8, 4) is 0 Å². The molecule has 7 nitrogen and oxygen atoms in total. The van der Waals surface area contributed by atoms with Crippen LogP contribution in [0.25, 0.3) is 0 Å². The van der Waals surface area contributed by atoms with Gasteiger partial charge in [-0.15, -0.1) is 0 Å². The average Bonchev–Trinajstić information content (AvgIpc) is 2.71. The number of hydrogen-bond donors (Lipinski definition) is 4. The first-order valence-electron chi connectivity index (χ1n) is 8.88. The lowest BCUT2D eigenvalue weighted by Gasteiger charge is -2.13. The van der Waals surface area contributed by atoms with Gasteiger partial charge < -0.3 is 21.3 Å². The number of anilines is 3. The quantitative estimate of drug-likeness (QED) is 0.446. The maximum atomic E-state index is 12.2. The summed E-state index contributed by atoms with van der Waals surface area (Å²) >= 11 is 5.75. The fourth-order valence-corrected chi connectivity index (χ4v) is 2.62. The Balaban J connectivity index is 1.57. The highest BCUT2D eigenvalue weighted by Crippen LogP contribution is 2.20. The Morgan fingerprint density at radius 2 is 1.66 bits per heavy atom. The maximum absolute atomic E-state index is 12.2. The summed E-state index contributed by atoms with van der Waals surface area (Å²) in [5, 5.41) is 11.4. The monoisotopic (exact) mass is 409 g/mol. The molecule has 0 fully saturated rings. The van der Waals surface area contributed by atoms with E-state index < -0.39 is 0 Å². The van der Waals surface area contributed by atoms with Crippen molar-refractivity contribution in [3.05, 3.63) is 83.1 Å². The molecule has 0 bridgehead atoms. The molecule has 0 atom stereocenters. The molecule has 148 valence electrons. The number of aromatic nitrogens is 1. The minimum Gasteiger partial charge on any atom is -0.334 e. The summed E-state index contributed by atoms with van der Waals surface area (Å²) in [4.78, 5) is 28.3. The van der Waals surface area contributed by atoms with Crippen molar-refractivity contribution in [3.63, 3.8) is 0 Å². The number of amides is 4. The normalized spacial score (nSPS) is 10.1. The second kappa shape index (κ2) is 9.57. The number of para-hydroxylation sites is 1. The molecule has 3 rings (SSSR count). The minimum absolute atomic E-state index is 0.312. The molecule has 0 radical (unpaired) electrons. The van der Waals surface area contributed by atoms with E-state index in [-0.39, 0.29) is 12.1 Å². The van der Waals surface area contributed by atoms with E-state index in [9.17, 15) is 9.59 Å². The molecule has 8 heteroatoms. The van der Waals surface area contributed by atoms with Gasteiger partial charge >= 0.3 is 12.1 Å². The van der Waals surface area contributed by atoms with Crippen LogP contribution in [0.4, 0.5) is 26.7 Å². The Kier molecular flexibility index (Phi) is 6.65. The second-order valence-corrected chi connectivity index (χ2v) is 6.66. The predicted molar refractivity (Wildman–Crippen MR) is 115 cm³/mol. The lowest BCUT2D eigenvalue weighted by molar-refractivity contribution is 0.251. The van der Waals surface area contributed by atoms with Crippen LogP contribution in [-0.4, -0.2) is 17.0 Å². The molecule has 0 unspecified atom stereocenters. The number of halogens is 1. The van der Waals surface area contributed by atoms with Crippen molar-refractivity contribution in [2.45, 2.75) is 13.5 Å². The van der Waals surface area contributed by atoms with Gasteiger partial charge in [0.25, 0.3) is 0 Å². The van der Waals surface area contributed by atoms with E-state index in [1.807, 2.05) is 31.2 Å². The Morgan fingerprint density at radius 3 is 2.38 bits per heavy atom. The molecule has 0 aliphatic heterocycles. The van der Waals surface area contributed by atoms with Crippen molar-refractivity contribution in [1.29, 1.82) is 0 Å². The summed E-state index contributed by atoms with van der Waals surface area (Å²) in [7, 11) is 0. The summed E-state index contributed by atoms with van der Waals surface area (Å²) in [6, 6.07) is 17.1. The van der Waals surface area contributed by atoms with Crippen molar-refractivity contribution in [2.75, 3.05) is 16.0 Å². The van der Waals surface area contributed by atoms with Crippen molar-refractivity contribution in [2.24, 2.45) is 0 Å². The largest absolute Gasteiger partial charge is 0.334 e. The van der Waals surface area contributed by atoms with E-state index in [4.69, 9.17) is 11.6 Å². The molecule has 29 heavy (non-hydrogen) atoms. The molecule has 2 aromatic carbocycles. The first-order chi connectivity index (χ1) is 14.0. The van der Waals surface area contributed by atoms with E-state index in [1.165, 1.54) is 0 Å². The number of pyridine rings is 1. The molecule has 1 aromatic heterocycles. The molecular weight excluding hydrogens is 390 g/mol. The van der Waals surface area contributed by atoms with Gasteiger partial charge in [-0.1, -0.05) is 41.9 Å². The molecule has 3 aromatic rings. The zero-order chi connectivity index (χ0) is 20.6. The van der Waals surface area contributed by atoms with Gasteiger partial charge in [0.2, 0.25) is 0 Å². The Labute approximate surface area is 173 Å². The van der Waals surface area contributed by atoms with Gasteiger partial charge in [0.15, 0.2) is 0 Å². The first-order valence-corrected chi connectivity index (χ1v) is 9.26. The summed E-state index contributed by atoms with van der Waals surface area (Å²) in [6.45, 7) is 2.18. The summed E-state index contributed by atoms with van der Waals surface area (Å²) in [6.07, 6.45) is 1.60. The van der Waals surface area contributed by atoms with Crippen LogP contribution in [0, 0.1) is 6.92 Å². The van der Waals surface area contributed by atoms with Gasteiger partial charge in [0.1, 0.15) is 5.15 Å². The summed E-state index contributed by atoms with van der Waals surface area (Å²) < 4.78 is 0. The van der Waals surface area contributed by atoms with E-state index >= 15 is 0 Å². The molecule has 0 saturated carbocycles. The number of carbonyl (C=O) groups is 2. The van der Waals surface area contributed by atoms with E-state index in [0.717, 1.165) is 11.1 Å². The number of nitrogens with zero attached hydrogens (tertiary/aromatic N) is 1. The van der Waals surface area contributed by atoms with Crippen LogP contribution in [0.15, 0.2) is 66.9 Å². The van der Waals surface area contributed by atoms with Gasteiger partial charge in [-0.3, -0.25) is 0 Å². The fraction of sp³-hybridized carbons (Fsp3) is 0.0952. The first kappa shape index (κ1) is 20.2. The molecule has 0 aliphatic rings. The van der Waals surface area contributed by atoms with Gasteiger partial charge in [0.05, 0.1) is 0 Å². The third-order valence-corrected chi connectivity index (χ3v) is 4.24. The highest BCUT2D eigenvalue weighted by atomic mass is 35.5. The Morgan fingerprint density at radius 1 is 0.897 bits per heavy atom. The van der Waals surface area contributed by atoms with Crippen LogP contribution < -0.4 is 21.3 Å². The molecule has 0 aliphatic carbocycles. The molecule has 1 heterocycles. The zero-order valence-corrected chi connectivity index (χ0v) is 16.5. The number of nitrogens with one attached hydrogen (secondary N) is 4. The molecule has 0 saturated heterocycles. The van der Waals surface area contributed by atoms with Gasteiger partial charge in [-0.2, -0.15) is 0 Å². The number of aryl methyl sites for hydroxylation is 1.